The van der Waals surface area contributed by atoms with Crippen molar-refractivity contribution in [1.29, 1.82) is 0 Å². The fourth-order valence-corrected chi connectivity index (χ4v) is 3.36. The maximum Gasteiger partial charge on any atom is 0.200 e. The minimum absolute atomic E-state index is 0.0673. The van der Waals surface area contributed by atoms with Crippen LogP contribution in [-0.4, -0.2) is 25.8 Å². The summed E-state index contributed by atoms with van der Waals surface area (Å²) in [5.74, 6) is 1.33. The molecule has 1 atom stereocenters. The van der Waals surface area contributed by atoms with Crippen LogP contribution in [0.3, 0.4) is 0 Å². The van der Waals surface area contributed by atoms with E-state index in [1.54, 1.807) is 18.4 Å². The molecule has 0 spiro atoms. The van der Waals surface area contributed by atoms with Crippen LogP contribution in [0, 0.1) is 6.92 Å². The predicted octanol–water partition coefficient (Wildman–Crippen LogP) is 4.40. The second-order valence-corrected chi connectivity index (χ2v) is 6.98. The van der Waals surface area contributed by atoms with Gasteiger partial charge in [-0.25, -0.2) is 0 Å². The Morgan fingerprint density at radius 2 is 2.08 bits per heavy atom. The fourth-order valence-electron chi connectivity index (χ4n) is 2.42. The minimum Gasteiger partial charge on any atom is -0.461 e. The van der Waals surface area contributed by atoms with Gasteiger partial charge in [0, 0.05) is 12.1 Å². The third kappa shape index (κ3) is 3.74. The van der Waals surface area contributed by atoms with E-state index < -0.39 is 0 Å². The van der Waals surface area contributed by atoms with E-state index in [2.05, 4.69) is 16.8 Å². The zero-order chi connectivity index (χ0) is 17.8. The van der Waals surface area contributed by atoms with Crippen molar-refractivity contribution in [2.75, 3.05) is 0 Å². The number of aryl methyl sites for hydroxylation is 1. The summed E-state index contributed by atoms with van der Waals surface area (Å²) in [5.41, 5.74) is 1.83. The molecule has 6 heteroatoms. The smallest absolute Gasteiger partial charge is 0.200 e. The van der Waals surface area contributed by atoms with Crippen molar-refractivity contribution in [3.63, 3.8) is 0 Å². The van der Waals surface area contributed by atoms with E-state index in [0.29, 0.717) is 28.8 Å². The Morgan fingerprint density at radius 1 is 1.32 bits per heavy atom. The molecule has 2 aromatic heterocycles. The number of aromatic nitrogens is 3. The average Bonchev–Trinajstić information content (AvgIpc) is 3.26. The summed E-state index contributed by atoms with van der Waals surface area (Å²) in [6.45, 7) is 8.21. The molecule has 3 rings (SSSR count). The summed E-state index contributed by atoms with van der Waals surface area (Å²) in [6.07, 6.45) is 3.37. The summed E-state index contributed by atoms with van der Waals surface area (Å²) in [5, 5.41) is 8.84. The number of thioether (sulfide) groups is 1. The molecule has 128 valence electrons. The highest BCUT2D eigenvalue weighted by atomic mass is 32.2. The summed E-state index contributed by atoms with van der Waals surface area (Å²) in [7, 11) is 0. The van der Waals surface area contributed by atoms with Crippen LogP contribution < -0.4 is 0 Å². The molecule has 25 heavy (non-hydrogen) atoms. The molecular weight excluding hydrogens is 334 g/mol. The molecule has 0 amide bonds. The molecule has 0 aliphatic heterocycles. The number of allylic oxidation sites excluding steroid dienone is 1. The molecule has 1 unspecified atom stereocenters. The molecule has 0 saturated carbocycles. The third-order valence-electron chi connectivity index (χ3n) is 3.76. The molecule has 1 aromatic carbocycles. The third-order valence-corrected chi connectivity index (χ3v) is 4.84. The Morgan fingerprint density at radius 3 is 2.72 bits per heavy atom. The monoisotopic (exact) mass is 353 g/mol. The molecule has 0 N–H and O–H groups in total. The van der Waals surface area contributed by atoms with Gasteiger partial charge >= 0.3 is 0 Å². The first-order chi connectivity index (χ1) is 12.1. The maximum absolute atomic E-state index is 12.6. The van der Waals surface area contributed by atoms with Gasteiger partial charge in [0.05, 0.1) is 11.5 Å². The molecule has 0 radical (unpaired) electrons. The van der Waals surface area contributed by atoms with E-state index in [-0.39, 0.29) is 11.0 Å². The zero-order valence-corrected chi connectivity index (χ0v) is 15.0. The van der Waals surface area contributed by atoms with Crippen molar-refractivity contribution in [2.24, 2.45) is 0 Å². The Bertz CT molecular complexity index is 867. The highest BCUT2D eigenvalue weighted by Gasteiger charge is 2.22. The number of ketones is 1. The van der Waals surface area contributed by atoms with Gasteiger partial charge in [0.1, 0.15) is 0 Å². The molecule has 5 nitrogen and oxygen atoms in total. The average molecular weight is 353 g/mol. The first-order valence-electron chi connectivity index (χ1n) is 7.95. The second kappa shape index (κ2) is 7.53. The first-order valence-corrected chi connectivity index (χ1v) is 8.83. The second-order valence-electron chi connectivity index (χ2n) is 5.67. The first kappa shape index (κ1) is 17.2. The summed E-state index contributed by atoms with van der Waals surface area (Å²) >= 11 is 1.39. The van der Waals surface area contributed by atoms with E-state index in [1.807, 2.05) is 48.7 Å². The summed E-state index contributed by atoms with van der Waals surface area (Å²) < 4.78 is 7.32. The number of nitrogens with zero attached hydrogens (tertiary/aromatic N) is 3. The molecule has 3 aromatic rings. The number of rotatable bonds is 7. The van der Waals surface area contributed by atoms with Crippen LogP contribution in [0.4, 0.5) is 0 Å². The van der Waals surface area contributed by atoms with Crippen LogP contribution in [0.15, 0.2) is 64.9 Å². The largest absolute Gasteiger partial charge is 0.461 e. The van der Waals surface area contributed by atoms with Crippen molar-refractivity contribution in [1.82, 2.24) is 14.8 Å². The Balaban J connectivity index is 1.83. The summed E-state index contributed by atoms with van der Waals surface area (Å²) in [4.78, 5) is 12.6. The van der Waals surface area contributed by atoms with E-state index in [9.17, 15) is 4.79 Å². The molecule has 0 aliphatic rings. The van der Waals surface area contributed by atoms with Crippen LogP contribution in [0.1, 0.15) is 22.8 Å². The van der Waals surface area contributed by atoms with Gasteiger partial charge in [0.15, 0.2) is 16.7 Å². The van der Waals surface area contributed by atoms with Gasteiger partial charge in [0.2, 0.25) is 5.82 Å². The molecule has 0 bridgehead atoms. The number of carbonyl (C=O) groups is 1. The predicted molar refractivity (Wildman–Crippen MR) is 98.7 cm³/mol. The van der Waals surface area contributed by atoms with Crippen LogP contribution >= 0.6 is 11.8 Å². The Labute approximate surface area is 150 Å². The van der Waals surface area contributed by atoms with Gasteiger partial charge in [-0.2, -0.15) is 0 Å². The topological polar surface area (TPSA) is 60.9 Å². The SMILES string of the molecule is C=CCn1c(SC(C)C(=O)c2ccc(C)cc2)nnc1-c1ccco1. The van der Waals surface area contributed by atoms with Crippen molar-refractivity contribution in [3.05, 3.63) is 66.4 Å². The van der Waals surface area contributed by atoms with Gasteiger partial charge in [-0.3, -0.25) is 9.36 Å². The maximum atomic E-state index is 12.6. The number of hydrogen-bond donors (Lipinski definition) is 0. The van der Waals surface area contributed by atoms with Gasteiger partial charge < -0.3 is 4.42 Å². The lowest BCUT2D eigenvalue weighted by Gasteiger charge is -2.11. The number of Topliss-reactive ketones (excluding diaryl/α,β-unsaturated/α-hetero) is 1. The van der Waals surface area contributed by atoms with Gasteiger partial charge in [-0.1, -0.05) is 47.7 Å². The van der Waals surface area contributed by atoms with Crippen molar-refractivity contribution >= 4 is 17.5 Å². The van der Waals surface area contributed by atoms with Crippen LogP contribution in [0.25, 0.3) is 11.6 Å². The summed E-state index contributed by atoms with van der Waals surface area (Å²) in [6, 6.07) is 11.2. The lowest BCUT2D eigenvalue weighted by Crippen LogP contribution is -2.14. The number of hydrogen-bond acceptors (Lipinski definition) is 5. The van der Waals surface area contributed by atoms with E-state index in [4.69, 9.17) is 4.42 Å². The highest BCUT2D eigenvalue weighted by molar-refractivity contribution is 8.00. The van der Waals surface area contributed by atoms with E-state index >= 15 is 0 Å². The van der Waals surface area contributed by atoms with Crippen LogP contribution in [0.5, 0.6) is 0 Å². The molecule has 0 aliphatic carbocycles. The van der Waals surface area contributed by atoms with Crippen molar-refractivity contribution < 1.29 is 9.21 Å². The highest BCUT2D eigenvalue weighted by Crippen LogP contribution is 2.28. The molecular formula is C19H19N3O2S. The quantitative estimate of drug-likeness (QED) is 0.358. The van der Waals surface area contributed by atoms with Crippen LogP contribution in [-0.2, 0) is 6.54 Å². The Hall–Kier alpha value is -2.60. The van der Waals surface area contributed by atoms with E-state index in [0.717, 1.165) is 5.56 Å². The Kier molecular flexibility index (Phi) is 5.19. The lowest BCUT2D eigenvalue weighted by molar-refractivity contribution is 0.0994. The van der Waals surface area contributed by atoms with Gasteiger partial charge in [-0.05, 0) is 26.0 Å². The molecule has 0 fully saturated rings. The standard InChI is InChI=1S/C19H19N3O2S/c1-4-11-22-18(16-6-5-12-24-16)20-21-19(22)25-14(3)17(23)15-9-7-13(2)8-10-15/h4-10,12,14H,1,11H2,2-3H3. The van der Waals surface area contributed by atoms with Crippen molar-refractivity contribution in [2.45, 2.75) is 30.8 Å². The molecule has 0 saturated heterocycles. The van der Waals surface area contributed by atoms with E-state index in [1.165, 1.54) is 11.8 Å². The zero-order valence-electron chi connectivity index (χ0n) is 14.2. The minimum atomic E-state index is -0.278. The molecule has 2 heterocycles. The van der Waals surface area contributed by atoms with Crippen LogP contribution in [0.2, 0.25) is 0 Å². The van der Waals surface area contributed by atoms with Crippen molar-refractivity contribution in [3.8, 4) is 11.6 Å². The normalized spacial score (nSPS) is 12.1. The lowest BCUT2D eigenvalue weighted by atomic mass is 10.1. The number of furan rings is 1. The fraction of sp³-hybridized carbons (Fsp3) is 0.211. The van der Waals surface area contributed by atoms with Gasteiger partial charge in [0.25, 0.3) is 0 Å². The number of benzene rings is 1. The van der Waals surface area contributed by atoms with Gasteiger partial charge in [-0.15, -0.1) is 16.8 Å². The number of carbonyl (C=O) groups excluding carboxylic acids is 1.